The summed E-state index contributed by atoms with van der Waals surface area (Å²) in [4.78, 5) is 17.1. The maximum atomic E-state index is 12.6. The summed E-state index contributed by atoms with van der Waals surface area (Å²) < 4.78 is 5.32. The highest BCUT2D eigenvalue weighted by Gasteiger charge is 2.34. The van der Waals surface area contributed by atoms with Crippen LogP contribution < -0.4 is 4.74 Å². The van der Waals surface area contributed by atoms with Gasteiger partial charge in [0.05, 0.1) is 24.4 Å². The second kappa shape index (κ2) is 8.01. The molecule has 0 radical (unpaired) electrons. The van der Waals surface area contributed by atoms with Crippen molar-refractivity contribution in [1.29, 1.82) is 0 Å². The summed E-state index contributed by atoms with van der Waals surface area (Å²) in [6.45, 7) is 1.82. The lowest BCUT2D eigenvalue weighted by Crippen LogP contribution is -2.26. The van der Waals surface area contributed by atoms with Gasteiger partial charge >= 0.3 is 0 Å². The van der Waals surface area contributed by atoms with Crippen LogP contribution in [0, 0.1) is 0 Å². The van der Waals surface area contributed by atoms with Crippen molar-refractivity contribution >= 4 is 45.7 Å². The Morgan fingerprint density at radius 1 is 1.17 bits per heavy atom. The van der Waals surface area contributed by atoms with E-state index in [0.29, 0.717) is 23.0 Å². The second-order valence-corrected chi connectivity index (χ2v) is 7.59. The molecule has 29 heavy (non-hydrogen) atoms. The van der Waals surface area contributed by atoms with E-state index in [-0.39, 0.29) is 11.9 Å². The number of pyridine rings is 1. The Morgan fingerprint density at radius 2 is 1.93 bits per heavy atom. The molecule has 1 atom stereocenters. The molecule has 5 nitrogen and oxygen atoms in total. The quantitative estimate of drug-likeness (QED) is 0.506. The molecule has 7 heteroatoms. The fourth-order valence-electron chi connectivity index (χ4n) is 3.47. The van der Waals surface area contributed by atoms with E-state index < -0.39 is 0 Å². The lowest BCUT2D eigenvalue weighted by atomic mass is 9.98. The first-order valence-corrected chi connectivity index (χ1v) is 10.1. The molecule has 2 aromatic carbocycles. The average Bonchev–Trinajstić information content (AvgIpc) is 3.18. The summed E-state index contributed by atoms with van der Waals surface area (Å²) in [6.07, 6.45) is 0.893. The van der Waals surface area contributed by atoms with E-state index in [9.17, 15) is 4.79 Å². The minimum atomic E-state index is -0.316. The van der Waals surface area contributed by atoms with Gasteiger partial charge in [-0.3, -0.25) is 4.79 Å². The van der Waals surface area contributed by atoms with Crippen LogP contribution in [-0.4, -0.2) is 28.7 Å². The van der Waals surface area contributed by atoms with Gasteiger partial charge in [0, 0.05) is 28.8 Å². The normalized spacial score (nSPS) is 16.2. The van der Waals surface area contributed by atoms with Crippen LogP contribution in [0.3, 0.4) is 0 Å². The molecule has 0 unspecified atom stereocenters. The Morgan fingerprint density at radius 3 is 2.62 bits per heavy atom. The van der Waals surface area contributed by atoms with Crippen molar-refractivity contribution in [3.8, 4) is 5.75 Å². The van der Waals surface area contributed by atoms with Crippen LogP contribution in [-0.2, 0) is 4.79 Å². The SMILES string of the molecule is CCC(=O)N1N=C(c2ccc(Cl)cc2)C[C@H]1c1cc2cc(OC)ccc2nc1Cl. The minimum Gasteiger partial charge on any atom is -0.497 e. The summed E-state index contributed by atoms with van der Waals surface area (Å²) in [5.41, 5.74) is 3.28. The van der Waals surface area contributed by atoms with E-state index in [1.807, 2.05) is 55.5 Å². The number of halogens is 2. The third kappa shape index (κ3) is 3.80. The molecular formula is C22H19Cl2N3O2. The van der Waals surface area contributed by atoms with Gasteiger partial charge in [-0.25, -0.2) is 9.99 Å². The van der Waals surface area contributed by atoms with Crippen LogP contribution in [0.25, 0.3) is 10.9 Å². The number of methoxy groups -OCH3 is 1. The van der Waals surface area contributed by atoms with Gasteiger partial charge in [0.2, 0.25) is 5.91 Å². The van der Waals surface area contributed by atoms with Gasteiger partial charge in [-0.2, -0.15) is 5.10 Å². The Bertz CT molecular complexity index is 1110. The average molecular weight is 428 g/mol. The molecule has 1 aliphatic rings. The molecule has 0 fully saturated rings. The third-order valence-electron chi connectivity index (χ3n) is 5.01. The highest BCUT2D eigenvalue weighted by atomic mass is 35.5. The van der Waals surface area contributed by atoms with Crippen molar-refractivity contribution in [2.45, 2.75) is 25.8 Å². The molecule has 0 N–H and O–H groups in total. The maximum absolute atomic E-state index is 12.6. The number of fused-ring (bicyclic) bond motifs is 1. The van der Waals surface area contributed by atoms with Crippen LogP contribution >= 0.6 is 23.2 Å². The molecule has 0 spiro atoms. The molecule has 2 heterocycles. The van der Waals surface area contributed by atoms with Gasteiger partial charge in [0.15, 0.2) is 0 Å². The van der Waals surface area contributed by atoms with Gasteiger partial charge in [-0.15, -0.1) is 0 Å². The number of carbonyl (C=O) groups excluding carboxylic acids is 1. The van der Waals surface area contributed by atoms with E-state index in [4.69, 9.17) is 27.9 Å². The van der Waals surface area contributed by atoms with E-state index in [0.717, 1.165) is 33.5 Å². The van der Waals surface area contributed by atoms with Crippen molar-refractivity contribution in [3.63, 3.8) is 0 Å². The fraction of sp³-hybridized carbons (Fsp3) is 0.227. The predicted octanol–water partition coefficient (Wildman–Crippen LogP) is 5.64. The lowest BCUT2D eigenvalue weighted by molar-refractivity contribution is -0.132. The molecule has 0 saturated heterocycles. The third-order valence-corrected chi connectivity index (χ3v) is 5.56. The summed E-state index contributed by atoms with van der Waals surface area (Å²) in [5, 5.41) is 8.06. The standard InChI is InChI=1S/C22H19Cl2N3O2/c1-3-21(28)27-20(12-19(26-27)13-4-6-15(23)7-5-13)17-11-14-10-16(29-2)8-9-18(14)25-22(17)24/h4-11,20H,3,12H2,1-2H3/t20-/m0/s1. The molecule has 0 saturated carbocycles. The van der Waals surface area contributed by atoms with Gasteiger partial charge in [-0.1, -0.05) is 42.3 Å². The van der Waals surface area contributed by atoms with Gasteiger partial charge < -0.3 is 4.74 Å². The fourth-order valence-corrected chi connectivity index (χ4v) is 3.87. The number of nitrogens with zero attached hydrogens (tertiary/aromatic N) is 3. The molecule has 3 aromatic rings. The second-order valence-electron chi connectivity index (χ2n) is 6.79. The Hall–Kier alpha value is -2.63. The molecule has 1 aromatic heterocycles. The number of hydrazone groups is 1. The number of rotatable bonds is 4. The zero-order valence-corrected chi connectivity index (χ0v) is 17.5. The summed E-state index contributed by atoms with van der Waals surface area (Å²) in [5.74, 6) is 0.666. The number of benzene rings is 2. The van der Waals surface area contributed by atoms with Crippen molar-refractivity contribution in [2.24, 2.45) is 5.10 Å². The van der Waals surface area contributed by atoms with E-state index in [1.165, 1.54) is 5.01 Å². The zero-order valence-electron chi connectivity index (χ0n) is 16.0. The van der Waals surface area contributed by atoms with Gasteiger partial charge in [0.25, 0.3) is 0 Å². The van der Waals surface area contributed by atoms with Crippen molar-refractivity contribution in [1.82, 2.24) is 9.99 Å². The molecule has 4 rings (SSSR count). The number of aromatic nitrogens is 1. The largest absolute Gasteiger partial charge is 0.497 e. The topological polar surface area (TPSA) is 54.8 Å². The van der Waals surface area contributed by atoms with Gasteiger partial charge in [0.1, 0.15) is 10.9 Å². The number of hydrogen-bond acceptors (Lipinski definition) is 4. The molecule has 0 aliphatic carbocycles. The highest BCUT2D eigenvalue weighted by Crippen LogP contribution is 2.38. The monoisotopic (exact) mass is 427 g/mol. The molecule has 1 aliphatic heterocycles. The minimum absolute atomic E-state index is 0.0687. The Kier molecular flexibility index (Phi) is 5.43. The molecular weight excluding hydrogens is 409 g/mol. The van der Waals surface area contributed by atoms with E-state index in [2.05, 4.69) is 10.1 Å². The van der Waals surface area contributed by atoms with Crippen molar-refractivity contribution < 1.29 is 9.53 Å². The molecule has 148 valence electrons. The van der Waals surface area contributed by atoms with Crippen LogP contribution in [0.2, 0.25) is 10.2 Å². The number of carbonyl (C=O) groups is 1. The van der Waals surface area contributed by atoms with Crippen molar-refractivity contribution in [2.75, 3.05) is 7.11 Å². The first-order chi connectivity index (χ1) is 14.0. The molecule has 1 amide bonds. The number of amides is 1. The van der Waals surface area contributed by atoms with E-state index in [1.54, 1.807) is 7.11 Å². The lowest BCUT2D eigenvalue weighted by Gasteiger charge is -2.22. The highest BCUT2D eigenvalue weighted by molar-refractivity contribution is 6.31. The molecule has 0 bridgehead atoms. The predicted molar refractivity (Wildman–Crippen MR) is 116 cm³/mol. The van der Waals surface area contributed by atoms with Crippen LogP contribution in [0.4, 0.5) is 0 Å². The van der Waals surface area contributed by atoms with Gasteiger partial charge in [-0.05, 0) is 42.0 Å². The van der Waals surface area contributed by atoms with Crippen molar-refractivity contribution in [3.05, 3.63) is 69.8 Å². The Balaban J connectivity index is 1.77. The van der Waals surface area contributed by atoms with E-state index >= 15 is 0 Å². The summed E-state index contributed by atoms with van der Waals surface area (Å²) >= 11 is 12.5. The maximum Gasteiger partial charge on any atom is 0.242 e. The van der Waals surface area contributed by atoms with Crippen LogP contribution in [0.1, 0.15) is 36.9 Å². The zero-order chi connectivity index (χ0) is 20.5. The summed E-state index contributed by atoms with van der Waals surface area (Å²) in [7, 11) is 1.62. The summed E-state index contributed by atoms with van der Waals surface area (Å²) in [6, 6.07) is 14.7. The first-order valence-electron chi connectivity index (χ1n) is 9.29. The number of hydrogen-bond donors (Lipinski definition) is 0. The van der Waals surface area contributed by atoms with Crippen LogP contribution in [0.5, 0.6) is 5.75 Å². The Labute approximate surface area is 178 Å². The number of ether oxygens (including phenoxy) is 1. The van der Waals surface area contributed by atoms with Crippen LogP contribution in [0.15, 0.2) is 53.6 Å². The first kappa shape index (κ1) is 19.7. The smallest absolute Gasteiger partial charge is 0.242 e.